The summed E-state index contributed by atoms with van der Waals surface area (Å²) in [4.78, 5) is 6.68. The van der Waals surface area contributed by atoms with Crippen LogP contribution in [0.1, 0.15) is 5.69 Å². The van der Waals surface area contributed by atoms with Crippen molar-refractivity contribution >= 4 is 48.4 Å². The minimum atomic E-state index is -3.61. The van der Waals surface area contributed by atoms with E-state index in [1.165, 1.54) is 11.3 Å². The first-order valence-electron chi connectivity index (χ1n) is 8.96. The Labute approximate surface area is 175 Å². The van der Waals surface area contributed by atoms with Crippen molar-refractivity contribution < 1.29 is 8.42 Å². The lowest BCUT2D eigenvalue weighted by Gasteiger charge is -2.09. The van der Waals surface area contributed by atoms with Crippen molar-refractivity contribution in [2.45, 2.75) is 11.3 Å². The average molecular weight is 441 g/mol. The molecule has 0 unspecified atom stereocenters. The smallest absolute Gasteiger partial charge is 0.211 e. The average Bonchev–Trinajstić information content (AvgIpc) is 3.45. The summed E-state index contributed by atoms with van der Waals surface area (Å²) in [6.45, 7) is 0.283. The van der Waals surface area contributed by atoms with Gasteiger partial charge in [0, 0.05) is 23.7 Å². The van der Waals surface area contributed by atoms with Gasteiger partial charge in [-0.15, -0.1) is 27.8 Å². The number of rotatable bonds is 6. The van der Waals surface area contributed by atoms with Crippen LogP contribution in [0.5, 0.6) is 0 Å². The summed E-state index contributed by atoms with van der Waals surface area (Å²) in [5, 5.41) is 10.2. The topological polar surface area (TPSA) is 76.4 Å². The van der Waals surface area contributed by atoms with Crippen LogP contribution in [0, 0.1) is 0 Å². The third kappa shape index (κ3) is 3.46. The molecule has 146 valence electrons. The summed E-state index contributed by atoms with van der Waals surface area (Å²) in [7, 11) is -3.61. The largest absolute Gasteiger partial charge is 0.241 e. The lowest BCUT2D eigenvalue weighted by Crippen LogP contribution is -2.26. The van der Waals surface area contributed by atoms with Crippen LogP contribution in [0.15, 0.2) is 70.3 Å². The molecule has 29 heavy (non-hydrogen) atoms. The number of hydrogen-bond acceptors (Lipinski definition) is 6. The lowest BCUT2D eigenvalue weighted by atomic mass is 10.1. The third-order valence-corrected chi connectivity index (χ3v) is 7.85. The van der Waals surface area contributed by atoms with E-state index in [1.54, 1.807) is 28.0 Å². The van der Waals surface area contributed by atoms with Gasteiger partial charge in [-0.05, 0) is 22.9 Å². The first kappa shape index (κ1) is 18.4. The fourth-order valence-electron chi connectivity index (χ4n) is 3.23. The van der Waals surface area contributed by atoms with Gasteiger partial charge >= 0.3 is 0 Å². The summed E-state index contributed by atoms with van der Waals surface area (Å²) in [5.41, 5.74) is 0.931. The molecule has 0 aliphatic heterocycles. The molecule has 6 nitrogen and oxygen atoms in total. The van der Waals surface area contributed by atoms with E-state index in [9.17, 15) is 8.42 Å². The van der Waals surface area contributed by atoms with E-state index in [4.69, 9.17) is 0 Å². The summed E-state index contributed by atoms with van der Waals surface area (Å²) < 4.78 is 30.2. The molecule has 5 aromatic rings. The zero-order valence-electron chi connectivity index (χ0n) is 15.1. The molecule has 9 heteroatoms. The molecular weight excluding hydrogens is 424 g/mol. The molecule has 0 bridgehead atoms. The number of benzene rings is 2. The molecule has 0 aliphatic rings. The molecule has 0 atom stereocenters. The molecule has 0 radical (unpaired) electrons. The molecular formula is C20H16N4O2S3. The molecule has 1 N–H and O–H groups in total. The van der Waals surface area contributed by atoms with Gasteiger partial charge in [-0.1, -0.05) is 42.5 Å². The number of fused-ring (bicyclic) bond motifs is 2. The van der Waals surface area contributed by atoms with E-state index in [2.05, 4.69) is 14.8 Å². The lowest BCUT2D eigenvalue weighted by molar-refractivity contribution is 0.582. The van der Waals surface area contributed by atoms with Crippen LogP contribution in [-0.4, -0.2) is 29.6 Å². The van der Waals surface area contributed by atoms with E-state index in [1.807, 2.05) is 53.2 Å². The Morgan fingerprint density at radius 2 is 1.86 bits per heavy atom. The maximum Gasteiger partial charge on any atom is 0.241 e. The number of nitrogens with one attached hydrogen (secondary N) is 1. The third-order valence-electron chi connectivity index (χ3n) is 4.60. The maximum absolute atomic E-state index is 12.9. The fraction of sp³-hybridized carbons (Fsp3) is 0.100. The van der Waals surface area contributed by atoms with E-state index >= 15 is 0 Å². The van der Waals surface area contributed by atoms with Gasteiger partial charge in [0.05, 0.1) is 15.5 Å². The van der Waals surface area contributed by atoms with Gasteiger partial charge in [0.25, 0.3) is 0 Å². The first-order valence-corrected chi connectivity index (χ1v) is 12.2. The molecule has 2 aromatic carbocycles. The summed E-state index contributed by atoms with van der Waals surface area (Å²) in [6, 6.07) is 16.8. The van der Waals surface area contributed by atoms with Crippen molar-refractivity contribution in [3.8, 4) is 10.7 Å². The van der Waals surface area contributed by atoms with Gasteiger partial charge in [-0.25, -0.2) is 17.7 Å². The molecule has 0 spiro atoms. The molecule has 0 saturated heterocycles. The van der Waals surface area contributed by atoms with Gasteiger partial charge in [-0.2, -0.15) is 4.98 Å². The second-order valence-electron chi connectivity index (χ2n) is 6.46. The normalized spacial score (nSPS) is 12.1. The standard InChI is InChI=1S/C20H16N4O2S3/c25-29(26,18-9-3-6-14-5-1-2-7-16(14)18)21-11-10-15-13-28-20-22-19(23-24(15)20)17-8-4-12-27-17/h1-9,12-13,21H,10-11H2. The molecule has 0 saturated carbocycles. The van der Waals surface area contributed by atoms with Crippen molar-refractivity contribution in [1.29, 1.82) is 0 Å². The maximum atomic E-state index is 12.9. The van der Waals surface area contributed by atoms with Gasteiger partial charge in [-0.3, -0.25) is 0 Å². The zero-order chi connectivity index (χ0) is 19.8. The second-order valence-corrected chi connectivity index (χ2v) is 9.98. The summed E-state index contributed by atoms with van der Waals surface area (Å²) >= 11 is 3.10. The number of thiazole rings is 1. The zero-order valence-corrected chi connectivity index (χ0v) is 17.6. The highest BCUT2D eigenvalue weighted by Gasteiger charge is 2.17. The Morgan fingerprint density at radius 3 is 2.72 bits per heavy atom. The molecule has 0 amide bonds. The predicted octanol–water partition coefficient (Wildman–Crippen LogP) is 4.19. The summed E-state index contributed by atoms with van der Waals surface area (Å²) in [6.07, 6.45) is 0.525. The van der Waals surface area contributed by atoms with Crippen molar-refractivity contribution in [1.82, 2.24) is 19.3 Å². The Kier molecular flexibility index (Phi) is 4.67. The van der Waals surface area contributed by atoms with Crippen LogP contribution >= 0.6 is 22.7 Å². The highest BCUT2D eigenvalue weighted by atomic mass is 32.2. The predicted molar refractivity (Wildman–Crippen MR) is 117 cm³/mol. The van der Waals surface area contributed by atoms with Crippen molar-refractivity contribution in [2.75, 3.05) is 6.54 Å². The highest BCUT2D eigenvalue weighted by Crippen LogP contribution is 2.25. The van der Waals surface area contributed by atoms with E-state index in [0.717, 1.165) is 26.3 Å². The minimum absolute atomic E-state index is 0.283. The minimum Gasteiger partial charge on any atom is -0.211 e. The Balaban J connectivity index is 1.35. The van der Waals surface area contributed by atoms with Crippen LogP contribution in [0.25, 0.3) is 26.4 Å². The van der Waals surface area contributed by atoms with Crippen LogP contribution in [-0.2, 0) is 16.4 Å². The molecule has 5 rings (SSSR count). The van der Waals surface area contributed by atoms with Gasteiger partial charge in [0.1, 0.15) is 0 Å². The SMILES string of the molecule is O=S(=O)(NCCc1csc2nc(-c3cccs3)nn12)c1cccc2ccccc12. The monoisotopic (exact) mass is 440 g/mol. The van der Waals surface area contributed by atoms with Crippen LogP contribution in [0.2, 0.25) is 0 Å². The highest BCUT2D eigenvalue weighted by molar-refractivity contribution is 7.89. The van der Waals surface area contributed by atoms with Crippen LogP contribution in [0.4, 0.5) is 0 Å². The van der Waals surface area contributed by atoms with Gasteiger partial charge < -0.3 is 0 Å². The quantitative estimate of drug-likeness (QED) is 0.429. The molecule has 3 aromatic heterocycles. The van der Waals surface area contributed by atoms with E-state index in [-0.39, 0.29) is 6.54 Å². The summed E-state index contributed by atoms with van der Waals surface area (Å²) in [5.74, 6) is 0.699. The first-order chi connectivity index (χ1) is 14.1. The van der Waals surface area contributed by atoms with Crippen molar-refractivity contribution in [3.63, 3.8) is 0 Å². The second kappa shape index (κ2) is 7.34. The molecule has 0 fully saturated rings. The fourth-order valence-corrected chi connectivity index (χ4v) is 6.00. The van der Waals surface area contributed by atoms with Gasteiger partial charge in [0.15, 0.2) is 5.82 Å². The van der Waals surface area contributed by atoms with E-state index < -0.39 is 10.0 Å². The molecule has 3 heterocycles. The van der Waals surface area contributed by atoms with Crippen LogP contribution in [0.3, 0.4) is 0 Å². The number of sulfonamides is 1. The Bertz CT molecular complexity index is 1400. The molecule has 0 aliphatic carbocycles. The number of aromatic nitrogens is 3. The Hall–Kier alpha value is -2.59. The van der Waals surface area contributed by atoms with Crippen molar-refractivity contribution in [3.05, 3.63) is 71.1 Å². The Morgan fingerprint density at radius 1 is 1.00 bits per heavy atom. The number of thiophene rings is 1. The van der Waals surface area contributed by atoms with Crippen LogP contribution < -0.4 is 4.72 Å². The van der Waals surface area contributed by atoms with Crippen molar-refractivity contribution in [2.24, 2.45) is 0 Å². The van der Waals surface area contributed by atoms with Gasteiger partial charge in [0.2, 0.25) is 15.0 Å². The number of hydrogen-bond donors (Lipinski definition) is 1. The number of nitrogens with zero attached hydrogens (tertiary/aromatic N) is 3. The van der Waals surface area contributed by atoms with E-state index in [0.29, 0.717) is 17.1 Å².